The van der Waals surface area contributed by atoms with Crippen LogP contribution in [0.25, 0.3) is 11.1 Å². The van der Waals surface area contributed by atoms with E-state index in [4.69, 9.17) is 0 Å². The number of hydrogen-bond donors (Lipinski definition) is 0. The predicted octanol–water partition coefficient (Wildman–Crippen LogP) is -11.0. The molecule has 23 heteroatoms. The monoisotopic (exact) mass is 810 g/mol. The van der Waals surface area contributed by atoms with Crippen molar-refractivity contribution < 1.29 is 22.4 Å². The second-order valence-electron chi connectivity index (χ2n) is 17.3. The molecule has 1 aliphatic carbocycles. The Morgan fingerprint density at radius 2 is 1.25 bits per heavy atom. The average molecular weight is 809 g/mol. The van der Waals surface area contributed by atoms with Crippen LogP contribution in [0.5, 0.6) is 0 Å². The Hall–Kier alpha value is -3.18. The fraction of sp³-hybridized carbons (Fsp3) is 0.361. The second-order valence-corrected chi connectivity index (χ2v) is 18.3. The molecule has 0 radical (unpaired) electrons. The Kier molecular flexibility index (Phi) is 14.0. The minimum absolute atomic E-state index is 0.114. The summed E-state index contributed by atoms with van der Waals surface area (Å²) in [6.07, 6.45) is -2.42. The van der Waals surface area contributed by atoms with Crippen molar-refractivity contribution in [3.05, 3.63) is 68.4 Å². The third kappa shape index (κ3) is 8.67. The number of halogens is 4. The largest absolute Gasteiger partial charge is 0.415 e. The van der Waals surface area contributed by atoms with E-state index in [2.05, 4.69) is 55.1 Å². The average Bonchev–Trinajstić information content (AvgIpc) is 3.65. The lowest BCUT2D eigenvalue weighted by Crippen LogP contribution is -2.65. The molecule has 0 spiro atoms. The van der Waals surface area contributed by atoms with E-state index in [1.54, 1.807) is 43.5 Å². The van der Waals surface area contributed by atoms with E-state index in [1.807, 2.05) is 40.9 Å². The summed E-state index contributed by atoms with van der Waals surface area (Å²) in [5, 5.41) is -1.57. The molecule has 3 aromatic carbocycles. The number of aromatic nitrogens is 2. The van der Waals surface area contributed by atoms with Crippen LogP contribution in [0, 0.1) is 5.82 Å². The number of nitrogens with zero attached hydrogens (tertiary/aromatic N) is 4. The lowest BCUT2D eigenvalue weighted by Gasteiger charge is -2.48. The van der Waals surface area contributed by atoms with Crippen molar-refractivity contribution in [2.75, 3.05) is 26.2 Å². The van der Waals surface area contributed by atoms with E-state index in [1.165, 1.54) is 23.9 Å². The highest BCUT2D eigenvalue weighted by Crippen LogP contribution is 2.33. The van der Waals surface area contributed by atoms with Gasteiger partial charge in [-0.3, -0.25) is 9.59 Å². The molecular weight excluding hydrogens is 758 g/mol. The van der Waals surface area contributed by atoms with Crippen LogP contribution in [0.4, 0.5) is 17.6 Å². The molecular formula is C36H50B12F4N4O2S. The molecule has 296 valence electrons. The molecule has 0 N–H and O–H groups in total. The SMILES string of the molecule is Bc1c(B)c(C(F)(F)F)c(B)c(B)c1-c1c(B)c(B)c(C(B)(B)N(CCN(CC)CC)C(=O)C(B)(B)n2c(SCc3ccc(F)cc3)nc(=O)c3c2CCC3)c(B)c1B. The van der Waals surface area contributed by atoms with Gasteiger partial charge in [0.25, 0.3) is 5.56 Å². The van der Waals surface area contributed by atoms with Crippen molar-refractivity contribution in [2.24, 2.45) is 0 Å². The van der Waals surface area contributed by atoms with Gasteiger partial charge >= 0.3 is 6.18 Å². The van der Waals surface area contributed by atoms with Gasteiger partial charge in [0.15, 0.2) is 5.16 Å². The number of alkyl halides is 3. The molecule has 0 aliphatic heterocycles. The minimum atomic E-state index is -4.46. The maximum absolute atomic E-state index is 15.7. The Bertz CT molecular complexity index is 2300. The summed E-state index contributed by atoms with van der Waals surface area (Å²) < 4.78 is 58.7. The van der Waals surface area contributed by atoms with Gasteiger partial charge in [-0.1, -0.05) is 87.0 Å². The molecule has 0 atom stereocenters. The number of thioether (sulfide) groups is 1. The number of carbonyl (C=O) groups excluding carboxylic acids is 1. The van der Waals surface area contributed by atoms with E-state index in [9.17, 15) is 22.4 Å². The molecule has 4 aromatic rings. The van der Waals surface area contributed by atoms with E-state index in [0.29, 0.717) is 53.3 Å². The maximum Gasteiger partial charge on any atom is 0.415 e. The van der Waals surface area contributed by atoms with E-state index in [0.717, 1.165) is 69.3 Å². The van der Waals surface area contributed by atoms with Gasteiger partial charge in [0.2, 0.25) is 5.91 Å². The smallest absolute Gasteiger partial charge is 0.347 e. The number of hydrogen-bond acceptors (Lipinski definition) is 5. The van der Waals surface area contributed by atoms with Crippen molar-refractivity contribution >= 4 is 156 Å². The van der Waals surface area contributed by atoms with Gasteiger partial charge in [0.1, 0.15) is 100.0 Å². The van der Waals surface area contributed by atoms with Crippen molar-refractivity contribution in [2.45, 2.75) is 60.9 Å². The summed E-state index contributed by atoms with van der Waals surface area (Å²) in [5.41, 5.74) is 9.93. The molecule has 0 unspecified atom stereocenters. The third-order valence-electron chi connectivity index (χ3n) is 13.3. The molecule has 0 bridgehead atoms. The topological polar surface area (TPSA) is 58.4 Å². The van der Waals surface area contributed by atoms with Gasteiger partial charge in [-0.05, 0) is 61.2 Å². The Labute approximate surface area is 362 Å². The Morgan fingerprint density at radius 1 is 0.763 bits per heavy atom. The van der Waals surface area contributed by atoms with Gasteiger partial charge in [-0.2, -0.15) is 18.2 Å². The standard InChI is InChI=1S/C36H50B12F4N4O2S/c1-3-54(4-2)12-13-55(32(58)35(47,48)56-18-7-5-6-17(18)31(57)53-33(56)59-14-15-8-10-16(49)11-9-15)34(45,46)21-27(41)23(37)19(24(38)28(21)42)20-25(39)29(43)22(36(50,51)52)30(44)26(20)40/h8-11H,3-7,12-14,37-48H2,1-2H3. The van der Waals surface area contributed by atoms with Crippen LogP contribution >= 0.6 is 11.8 Å². The second kappa shape index (κ2) is 17.7. The molecule has 0 fully saturated rings. The van der Waals surface area contributed by atoms with Crippen LogP contribution in [-0.4, -0.2) is 146 Å². The van der Waals surface area contributed by atoms with Gasteiger partial charge < -0.3 is 14.4 Å². The molecule has 5 rings (SSSR count). The zero-order valence-electron chi connectivity index (χ0n) is 37.5. The molecule has 1 amide bonds. The number of carbonyl (C=O) groups is 1. The van der Waals surface area contributed by atoms with Crippen LogP contribution in [0.1, 0.15) is 48.2 Å². The normalized spacial score (nSPS) is 13.2. The first-order valence-electron chi connectivity index (χ1n) is 20.8. The molecule has 1 aliphatic rings. The molecule has 59 heavy (non-hydrogen) atoms. The number of rotatable bonds is 13. The van der Waals surface area contributed by atoms with Gasteiger partial charge in [0.05, 0.1) is 5.34 Å². The highest BCUT2D eigenvalue weighted by molar-refractivity contribution is 7.98. The zero-order valence-corrected chi connectivity index (χ0v) is 38.3. The van der Waals surface area contributed by atoms with Crippen molar-refractivity contribution in [1.29, 1.82) is 0 Å². The highest BCUT2D eigenvalue weighted by atomic mass is 32.2. The maximum atomic E-state index is 15.7. The minimum Gasteiger partial charge on any atom is -0.347 e. The molecule has 0 saturated heterocycles. The first kappa shape index (κ1) is 46.9. The fourth-order valence-corrected chi connectivity index (χ4v) is 10.7. The van der Waals surface area contributed by atoms with Crippen molar-refractivity contribution in [3.8, 4) is 11.1 Å². The summed E-state index contributed by atoms with van der Waals surface area (Å²) in [5.74, 6) is -0.00431. The summed E-state index contributed by atoms with van der Waals surface area (Å²) >= 11 is 1.37. The van der Waals surface area contributed by atoms with Crippen LogP contribution in [-0.2, 0) is 40.2 Å². The van der Waals surface area contributed by atoms with E-state index < -0.39 is 22.4 Å². The summed E-state index contributed by atoms with van der Waals surface area (Å²) in [6.45, 7) is 6.93. The lowest BCUT2D eigenvalue weighted by molar-refractivity contribution is -0.137. The molecule has 1 aromatic heterocycles. The van der Waals surface area contributed by atoms with Gasteiger partial charge in [-0.25, -0.2) is 4.39 Å². The van der Waals surface area contributed by atoms with Crippen LogP contribution in [0.3, 0.4) is 0 Å². The zero-order chi connectivity index (χ0) is 44.1. The van der Waals surface area contributed by atoms with Crippen LogP contribution in [0.2, 0.25) is 0 Å². The first-order valence-corrected chi connectivity index (χ1v) is 21.8. The number of fused-ring (bicyclic) bond motifs is 1. The molecule has 0 saturated carbocycles. The fourth-order valence-electron chi connectivity index (χ4n) is 9.62. The van der Waals surface area contributed by atoms with Crippen LogP contribution < -0.4 is 49.3 Å². The quantitative estimate of drug-likeness (QED) is 0.0583. The van der Waals surface area contributed by atoms with Gasteiger partial charge in [-0.15, -0.1) is 0 Å². The highest BCUT2D eigenvalue weighted by Gasteiger charge is 2.44. The third-order valence-corrected chi connectivity index (χ3v) is 14.3. The lowest BCUT2D eigenvalue weighted by atomic mass is 9.48. The van der Waals surface area contributed by atoms with Gasteiger partial charge in [0, 0.05) is 41.0 Å². The summed E-state index contributed by atoms with van der Waals surface area (Å²) in [6, 6.07) is 6.26. The summed E-state index contributed by atoms with van der Waals surface area (Å²) in [4.78, 5) is 38.0. The summed E-state index contributed by atoms with van der Waals surface area (Å²) in [7, 11) is 23.0. The predicted molar refractivity (Wildman–Crippen MR) is 272 cm³/mol. The van der Waals surface area contributed by atoms with E-state index >= 15 is 4.79 Å². The van der Waals surface area contributed by atoms with Crippen molar-refractivity contribution in [1.82, 2.24) is 19.4 Å². The van der Waals surface area contributed by atoms with Crippen LogP contribution in [0.15, 0.2) is 34.2 Å². The molecule has 6 nitrogen and oxygen atoms in total. The van der Waals surface area contributed by atoms with Crippen molar-refractivity contribution in [3.63, 3.8) is 0 Å². The Balaban J connectivity index is 1.70. The number of likely N-dealkylation sites (N-methyl/N-ethyl adjacent to an activating group) is 1. The first-order chi connectivity index (χ1) is 27.4. The Morgan fingerprint density at radius 3 is 1.73 bits per heavy atom. The molecule has 1 heterocycles. The van der Waals surface area contributed by atoms with E-state index in [-0.39, 0.29) is 28.2 Å². The number of amides is 1. The number of benzene rings is 3.